The van der Waals surface area contributed by atoms with Crippen LogP contribution in [0.2, 0.25) is 5.02 Å². The molecule has 0 amide bonds. The van der Waals surface area contributed by atoms with E-state index in [0.717, 1.165) is 17.0 Å². The molecule has 0 radical (unpaired) electrons. The monoisotopic (exact) mass is 307 g/mol. The molecule has 20 heavy (non-hydrogen) atoms. The number of nitrogens with one attached hydrogen (secondary N) is 2. The van der Waals surface area contributed by atoms with Gasteiger partial charge in [0.05, 0.1) is 6.21 Å². The quantitative estimate of drug-likeness (QED) is 0.513. The molecule has 4 nitrogen and oxygen atoms in total. The van der Waals surface area contributed by atoms with Gasteiger partial charge in [-0.1, -0.05) is 17.7 Å². The highest BCUT2D eigenvalue weighted by molar-refractivity contribution is 7.80. The molecule has 0 saturated heterocycles. The van der Waals surface area contributed by atoms with Crippen LogP contribution in [0.4, 0.5) is 5.69 Å². The summed E-state index contributed by atoms with van der Waals surface area (Å²) in [4.78, 5) is 0. The van der Waals surface area contributed by atoms with Gasteiger partial charge >= 0.3 is 0 Å². The van der Waals surface area contributed by atoms with E-state index in [1.165, 1.54) is 0 Å². The van der Waals surface area contributed by atoms with Gasteiger partial charge in [-0.25, -0.2) is 0 Å². The molecule has 1 aromatic carbocycles. The Morgan fingerprint density at radius 2 is 2.10 bits per heavy atom. The van der Waals surface area contributed by atoms with Gasteiger partial charge in [-0.05, 0) is 55.9 Å². The highest BCUT2D eigenvalue weighted by Crippen LogP contribution is 2.22. The maximum Gasteiger partial charge on any atom is 0.191 e. The van der Waals surface area contributed by atoms with E-state index < -0.39 is 0 Å². The van der Waals surface area contributed by atoms with Gasteiger partial charge in [-0.3, -0.25) is 5.43 Å². The van der Waals surface area contributed by atoms with Crippen LogP contribution in [0.25, 0.3) is 0 Å². The Hall–Kier alpha value is -1.85. The van der Waals surface area contributed by atoms with Crippen LogP contribution in [0.5, 0.6) is 0 Å². The Morgan fingerprint density at radius 1 is 1.30 bits per heavy atom. The van der Waals surface area contributed by atoms with Crippen LogP contribution in [-0.4, -0.2) is 11.3 Å². The Kier molecular flexibility index (Phi) is 4.76. The van der Waals surface area contributed by atoms with E-state index in [4.69, 9.17) is 28.2 Å². The summed E-state index contributed by atoms with van der Waals surface area (Å²) in [5.74, 6) is 1.50. The van der Waals surface area contributed by atoms with Gasteiger partial charge in [0, 0.05) is 10.7 Å². The zero-order valence-corrected chi connectivity index (χ0v) is 12.7. The van der Waals surface area contributed by atoms with E-state index in [-0.39, 0.29) is 0 Å². The molecule has 1 heterocycles. The predicted molar refractivity (Wildman–Crippen MR) is 86.6 cm³/mol. The van der Waals surface area contributed by atoms with Crippen molar-refractivity contribution in [1.82, 2.24) is 5.43 Å². The van der Waals surface area contributed by atoms with Crippen LogP contribution in [-0.2, 0) is 0 Å². The highest BCUT2D eigenvalue weighted by Gasteiger charge is 2.03. The summed E-state index contributed by atoms with van der Waals surface area (Å²) in [5.41, 5.74) is 4.50. The lowest BCUT2D eigenvalue weighted by atomic mass is 10.2. The third-order valence-corrected chi connectivity index (χ3v) is 3.24. The van der Waals surface area contributed by atoms with Crippen molar-refractivity contribution < 1.29 is 4.42 Å². The topological polar surface area (TPSA) is 49.6 Å². The van der Waals surface area contributed by atoms with Gasteiger partial charge in [0.1, 0.15) is 11.5 Å². The van der Waals surface area contributed by atoms with Crippen LogP contribution >= 0.6 is 23.8 Å². The van der Waals surface area contributed by atoms with Crippen LogP contribution in [0.15, 0.2) is 39.9 Å². The molecule has 0 aliphatic rings. The molecule has 2 rings (SSSR count). The summed E-state index contributed by atoms with van der Waals surface area (Å²) in [5, 5.41) is 8.10. The Labute approximate surface area is 127 Å². The molecule has 0 atom stereocenters. The minimum absolute atomic E-state index is 0.384. The second-order valence-corrected chi connectivity index (χ2v) is 5.00. The zero-order chi connectivity index (χ0) is 14.5. The number of thiocarbonyl (C=S) groups is 1. The fourth-order valence-electron chi connectivity index (χ4n) is 1.57. The number of hydrazone groups is 1. The van der Waals surface area contributed by atoms with Crippen molar-refractivity contribution in [2.24, 2.45) is 5.10 Å². The zero-order valence-electron chi connectivity index (χ0n) is 11.1. The second kappa shape index (κ2) is 6.54. The third-order valence-electron chi connectivity index (χ3n) is 2.63. The maximum atomic E-state index is 6.04. The van der Waals surface area contributed by atoms with Crippen LogP contribution in [0.3, 0.4) is 0 Å². The van der Waals surface area contributed by atoms with Crippen LogP contribution in [0.1, 0.15) is 17.1 Å². The van der Waals surface area contributed by atoms with Crippen molar-refractivity contribution in [2.75, 3.05) is 5.32 Å². The average Bonchev–Trinajstić information content (AvgIpc) is 2.81. The number of benzene rings is 1. The first-order valence-corrected chi connectivity index (χ1v) is 6.76. The molecule has 0 bridgehead atoms. The van der Waals surface area contributed by atoms with Crippen molar-refractivity contribution in [1.29, 1.82) is 0 Å². The third kappa shape index (κ3) is 3.82. The van der Waals surface area contributed by atoms with Gasteiger partial charge < -0.3 is 9.73 Å². The van der Waals surface area contributed by atoms with Gasteiger partial charge in [0.25, 0.3) is 0 Å². The first-order chi connectivity index (χ1) is 9.56. The van der Waals surface area contributed by atoms with Gasteiger partial charge in [0.2, 0.25) is 0 Å². The molecular formula is C14H14ClN3OS. The Bertz CT molecular complexity index is 652. The number of anilines is 1. The lowest BCUT2D eigenvalue weighted by Crippen LogP contribution is -2.24. The fraction of sp³-hybridized carbons (Fsp3) is 0.143. The molecule has 2 N–H and O–H groups in total. The average molecular weight is 308 g/mol. The minimum atomic E-state index is 0.384. The Morgan fingerprint density at radius 3 is 2.80 bits per heavy atom. The number of hydrogen-bond acceptors (Lipinski definition) is 3. The molecule has 0 unspecified atom stereocenters. The molecule has 0 aliphatic carbocycles. The Balaban J connectivity index is 1.93. The molecular weight excluding hydrogens is 294 g/mol. The standard InChI is InChI=1S/C14H14ClN3OS/c1-9-6-7-11(19-9)8-16-18-14(20)17-13-5-3-4-12(15)10(13)2/h3-8H,1-2H3,(H2,17,18,20)/b16-8+. The first-order valence-electron chi connectivity index (χ1n) is 5.98. The number of halogens is 1. The van der Waals surface area contributed by atoms with E-state index >= 15 is 0 Å². The van der Waals surface area contributed by atoms with Gasteiger partial charge in [0.15, 0.2) is 5.11 Å². The number of nitrogens with zero attached hydrogens (tertiary/aromatic N) is 1. The van der Waals surface area contributed by atoms with Crippen molar-refractivity contribution in [3.8, 4) is 0 Å². The van der Waals surface area contributed by atoms with Gasteiger partial charge in [-0.15, -0.1) is 0 Å². The molecule has 0 spiro atoms. The normalized spacial score (nSPS) is 10.8. The molecule has 1 aromatic heterocycles. The number of aryl methyl sites for hydroxylation is 1. The van der Waals surface area contributed by atoms with E-state index in [1.54, 1.807) is 6.21 Å². The van der Waals surface area contributed by atoms with Crippen molar-refractivity contribution in [2.45, 2.75) is 13.8 Å². The fourth-order valence-corrected chi connectivity index (χ4v) is 1.91. The van der Waals surface area contributed by atoms with Crippen molar-refractivity contribution in [3.63, 3.8) is 0 Å². The summed E-state index contributed by atoms with van der Waals surface area (Å²) in [6.45, 7) is 3.79. The van der Waals surface area contributed by atoms with Crippen molar-refractivity contribution in [3.05, 3.63) is 52.4 Å². The molecule has 0 saturated carbocycles. The van der Waals surface area contributed by atoms with E-state index in [0.29, 0.717) is 15.9 Å². The van der Waals surface area contributed by atoms with Crippen molar-refractivity contribution >= 4 is 40.8 Å². The molecule has 6 heteroatoms. The largest absolute Gasteiger partial charge is 0.460 e. The summed E-state index contributed by atoms with van der Waals surface area (Å²) >= 11 is 11.2. The number of rotatable bonds is 3. The van der Waals surface area contributed by atoms with E-state index in [9.17, 15) is 0 Å². The molecule has 0 aliphatic heterocycles. The molecule has 104 valence electrons. The minimum Gasteiger partial charge on any atom is -0.460 e. The lowest BCUT2D eigenvalue weighted by molar-refractivity contribution is 0.527. The number of furan rings is 1. The molecule has 2 aromatic rings. The lowest BCUT2D eigenvalue weighted by Gasteiger charge is -2.10. The summed E-state index contributed by atoms with van der Waals surface area (Å²) in [6, 6.07) is 9.28. The van der Waals surface area contributed by atoms with E-state index in [2.05, 4.69) is 15.8 Å². The van der Waals surface area contributed by atoms with Gasteiger partial charge in [-0.2, -0.15) is 5.10 Å². The summed E-state index contributed by atoms with van der Waals surface area (Å²) < 4.78 is 5.35. The van der Waals surface area contributed by atoms with E-state index in [1.807, 2.05) is 44.2 Å². The predicted octanol–water partition coefficient (Wildman–Crippen LogP) is 3.87. The van der Waals surface area contributed by atoms with Crippen LogP contribution < -0.4 is 10.7 Å². The SMILES string of the molecule is Cc1ccc(/C=N/NC(=S)Nc2cccc(Cl)c2C)o1. The summed E-state index contributed by atoms with van der Waals surface area (Å²) in [6.07, 6.45) is 1.56. The highest BCUT2D eigenvalue weighted by atomic mass is 35.5. The number of hydrogen-bond donors (Lipinski definition) is 2. The summed E-state index contributed by atoms with van der Waals surface area (Å²) in [7, 11) is 0. The van der Waals surface area contributed by atoms with Crippen LogP contribution in [0, 0.1) is 13.8 Å². The first kappa shape index (κ1) is 14.6. The maximum absolute atomic E-state index is 6.04. The molecule has 0 fully saturated rings. The smallest absolute Gasteiger partial charge is 0.191 e. The second-order valence-electron chi connectivity index (χ2n) is 4.18.